The topological polar surface area (TPSA) is 77.0 Å². The van der Waals surface area contributed by atoms with Crippen molar-refractivity contribution in [1.82, 2.24) is 5.32 Å². The number of carbonyl (C=O) groups excluding carboxylic acids is 1. The number of ether oxygens (including phenoxy) is 3. The van der Waals surface area contributed by atoms with Gasteiger partial charge in [0.15, 0.2) is 5.76 Å². The zero-order valence-corrected chi connectivity index (χ0v) is 15.6. The van der Waals surface area contributed by atoms with Crippen molar-refractivity contribution in [2.45, 2.75) is 32.0 Å². The van der Waals surface area contributed by atoms with Gasteiger partial charge in [-0.05, 0) is 48.2 Å². The summed E-state index contributed by atoms with van der Waals surface area (Å²) in [5.74, 6) is 0.0945. The van der Waals surface area contributed by atoms with Gasteiger partial charge in [-0.25, -0.2) is 0 Å². The normalized spacial score (nSPS) is 23.0. The van der Waals surface area contributed by atoms with Crippen LogP contribution in [0.15, 0.2) is 28.7 Å². The van der Waals surface area contributed by atoms with E-state index in [-0.39, 0.29) is 30.1 Å². The second-order valence-corrected chi connectivity index (χ2v) is 6.61. The molecule has 1 aromatic heterocycles. The van der Waals surface area contributed by atoms with Crippen LogP contribution in [0.2, 0.25) is 0 Å². The first-order valence-corrected chi connectivity index (χ1v) is 9.55. The highest BCUT2D eigenvalue weighted by atomic mass is 32.1. The molecule has 0 saturated heterocycles. The van der Waals surface area contributed by atoms with Gasteiger partial charge in [-0.15, -0.1) is 0 Å². The highest BCUT2D eigenvalue weighted by molar-refractivity contribution is 7.08. The summed E-state index contributed by atoms with van der Waals surface area (Å²) >= 11 is 1.62. The van der Waals surface area contributed by atoms with Crippen molar-refractivity contribution in [2.24, 2.45) is 5.92 Å². The largest absolute Gasteiger partial charge is 0.459 e. The average molecular weight is 369 g/mol. The van der Waals surface area contributed by atoms with E-state index in [0.717, 1.165) is 12.0 Å². The van der Waals surface area contributed by atoms with Gasteiger partial charge in [0.05, 0.1) is 6.61 Å². The smallest absolute Gasteiger partial charge is 0.286 e. The lowest BCUT2D eigenvalue weighted by Gasteiger charge is -2.36. The number of methoxy groups -OCH3 is 1. The van der Waals surface area contributed by atoms with Crippen LogP contribution in [0.3, 0.4) is 0 Å². The van der Waals surface area contributed by atoms with Crippen LogP contribution in [0.4, 0.5) is 0 Å². The lowest BCUT2D eigenvalue weighted by Crippen LogP contribution is -2.39. The fourth-order valence-electron chi connectivity index (χ4n) is 2.96. The summed E-state index contributed by atoms with van der Waals surface area (Å²) in [5, 5.41) is 16.1. The van der Waals surface area contributed by atoms with Gasteiger partial charge in [0.25, 0.3) is 5.91 Å². The third-order valence-corrected chi connectivity index (χ3v) is 4.86. The van der Waals surface area contributed by atoms with Crippen LogP contribution >= 0.6 is 11.3 Å². The van der Waals surface area contributed by atoms with E-state index in [4.69, 9.17) is 14.2 Å². The van der Waals surface area contributed by atoms with E-state index < -0.39 is 6.29 Å². The highest BCUT2D eigenvalue weighted by Gasteiger charge is 2.37. The molecular weight excluding hydrogens is 342 g/mol. The summed E-state index contributed by atoms with van der Waals surface area (Å²) in [7, 11) is 1.59. The van der Waals surface area contributed by atoms with Crippen molar-refractivity contribution < 1.29 is 24.1 Å². The van der Waals surface area contributed by atoms with Crippen LogP contribution in [0.1, 0.15) is 31.2 Å². The number of amides is 1. The fourth-order valence-corrected chi connectivity index (χ4v) is 3.67. The maximum atomic E-state index is 12.4. The molecule has 25 heavy (non-hydrogen) atoms. The molecule has 2 rings (SSSR count). The molecule has 7 heteroatoms. The van der Waals surface area contributed by atoms with Crippen molar-refractivity contribution >= 4 is 17.2 Å². The number of allylic oxidation sites excluding steroid dienone is 1. The van der Waals surface area contributed by atoms with E-state index in [1.807, 2.05) is 18.4 Å². The minimum absolute atomic E-state index is 0.0197. The van der Waals surface area contributed by atoms with Gasteiger partial charge in [-0.2, -0.15) is 11.3 Å². The van der Waals surface area contributed by atoms with Crippen LogP contribution in [0.5, 0.6) is 0 Å². The Balaban J connectivity index is 2.23. The predicted octanol–water partition coefficient (Wildman–Crippen LogP) is 2.26. The number of thiophene rings is 1. The van der Waals surface area contributed by atoms with Gasteiger partial charge in [-0.3, -0.25) is 4.79 Å². The van der Waals surface area contributed by atoms with Gasteiger partial charge in [0.2, 0.25) is 6.29 Å². The Kier molecular flexibility index (Phi) is 8.40. The van der Waals surface area contributed by atoms with Crippen molar-refractivity contribution in [3.05, 3.63) is 34.2 Å². The van der Waals surface area contributed by atoms with Crippen LogP contribution in [0, 0.1) is 5.92 Å². The van der Waals surface area contributed by atoms with Gasteiger partial charge < -0.3 is 24.6 Å². The van der Waals surface area contributed by atoms with E-state index in [1.165, 1.54) is 0 Å². The molecule has 0 aliphatic carbocycles. The number of hydrogen-bond donors (Lipinski definition) is 2. The third-order valence-electron chi connectivity index (χ3n) is 4.16. The summed E-state index contributed by atoms with van der Waals surface area (Å²) in [4.78, 5) is 12.4. The lowest BCUT2D eigenvalue weighted by atomic mass is 9.81. The molecule has 1 amide bonds. The Labute approximate surface area is 152 Å². The second-order valence-electron chi connectivity index (χ2n) is 5.83. The predicted molar refractivity (Wildman–Crippen MR) is 96.3 cm³/mol. The molecule has 1 aliphatic rings. The van der Waals surface area contributed by atoms with Gasteiger partial charge in [0, 0.05) is 38.7 Å². The van der Waals surface area contributed by atoms with Gasteiger partial charge in [-0.1, -0.05) is 0 Å². The number of aliphatic hydroxyl groups is 1. The molecule has 1 aromatic rings. The Morgan fingerprint density at radius 1 is 1.48 bits per heavy atom. The lowest BCUT2D eigenvalue weighted by molar-refractivity contribution is -0.166. The third kappa shape index (κ3) is 5.54. The first-order chi connectivity index (χ1) is 12.2. The Morgan fingerprint density at radius 2 is 2.32 bits per heavy atom. The van der Waals surface area contributed by atoms with Crippen molar-refractivity contribution in [3.8, 4) is 0 Å². The molecule has 6 nitrogen and oxygen atoms in total. The number of carbonyl (C=O) groups is 1. The summed E-state index contributed by atoms with van der Waals surface area (Å²) < 4.78 is 16.6. The molecule has 0 unspecified atom stereocenters. The monoisotopic (exact) mass is 369 g/mol. The molecular formula is C18H27NO5S. The number of nitrogens with one attached hydrogen (secondary N) is 1. The zero-order valence-electron chi connectivity index (χ0n) is 14.8. The molecule has 0 saturated carbocycles. The molecule has 0 radical (unpaired) electrons. The molecule has 2 heterocycles. The number of rotatable bonds is 10. The molecule has 3 atom stereocenters. The summed E-state index contributed by atoms with van der Waals surface area (Å²) in [5.41, 5.74) is 1.14. The molecule has 140 valence electrons. The summed E-state index contributed by atoms with van der Waals surface area (Å²) in [6.45, 7) is 3.39. The minimum Gasteiger partial charge on any atom is -0.459 e. The zero-order chi connectivity index (χ0) is 18.1. The van der Waals surface area contributed by atoms with Crippen molar-refractivity contribution in [3.63, 3.8) is 0 Å². The van der Waals surface area contributed by atoms with E-state index in [1.54, 1.807) is 18.4 Å². The van der Waals surface area contributed by atoms with E-state index in [2.05, 4.69) is 16.8 Å². The minimum atomic E-state index is -0.505. The quantitative estimate of drug-likeness (QED) is 0.619. The molecule has 1 aliphatic heterocycles. The SMILES string of the molecule is CCO[C@H]1OC(C(=O)NCCOC)=C[C@@H](c2ccsc2)[C@H]1CCCO. The van der Waals surface area contributed by atoms with Gasteiger partial charge in [0.1, 0.15) is 0 Å². The first-order valence-electron chi connectivity index (χ1n) is 8.61. The standard InChI is InChI=1S/C18H27NO5S/c1-3-23-18-14(5-4-8-20)15(13-6-10-25-12-13)11-16(24-18)17(21)19-7-9-22-2/h6,10-12,14-15,18,20H,3-5,7-9H2,1-2H3,(H,19,21)/t14-,15+,18+/m1/s1. The Hall–Kier alpha value is -1.41. The fraction of sp³-hybridized carbons (Fsp3) is 0.611. The Bertz CT molecular complexity index is 546. The second kappa shape index (κ2) is 10.6. The highest BCUT2D eigenvalue weighted by Crippen LogP contribution is 2.39. The number of hydrogen-bond acceptors (Lipinski definition) is 6. The molecule has 0 fully saturated rings. The molecule has 0 bridgehead atoms. The summed E-state index contributed by atoms with van der Waals surface area (Å²) in [6, 6.07) is 2.06. The Morgan fingerprint density at radius 3 is 2.96 bits per heavy atom. The first kappa shape index (κ1) is 19.9. The van der Waals surface area contributed by atoms with Crippen LogP contribution in [-0.2, 0) is 19.0 Å². The van der Waals surface area contributed by atoms with Crippen LogP contribution < -0.4 is 5.32 Å². The van der Waals surface area contributed by atoms with E-state index >= 15 is 0 Å². The van der Waals surface area contributed by atoms with Crippen LogP contribution in [0.25, 0.3) is 0 Å². The van der Waals surface area contributed by atoms with Gasteiger partial charge >= 0.3 is 0 Å². The molecule has 0 aromatic carbocycles. The van der Waals surface area contributed by atoms with Crippen LogP contribution in [-0.4, -0.2) is 50.8 Å². The summed E-state index contributed by atoms with van der Waals surface area (Å²) in [6.07, 6.45) is 2.80. The van der Waals surface area contributed by atoms with Crippen molar-refractivity contribution in [2.75, 3.05) is 33.5 Å². The maximum absolute atomic E-state index is 12.4. The van der Waals surface area contributed by atoms with E-state index in [0.29, 0.717) is 26.2 Å². The average Bonchev–Trinajstić information content (AvgIpc) is 3.15. The van der Waals surface area contributed by atoms with Crippen molar-refractivity contribution in [1.29, 1.82) is 0 Å². The maximum Gasteiger partial charge on any atom is 0.286 e. The molecule has 0 spiro atoms. The number of aliphatic hydroxyl groups excluding tert-OH is 1. The molecule has 2 N–H and O–H groups in total. The van der Waals surface area contributed by atoms with E-state index in [9.17, 15) is 9.90 Å².